The summed E-state index contributed by atoms with van der Waals surface area (Å²) >= 11 is 6.20. The molecule has 2 aromatic carbocycles. The number of hydrogen-bond acceptors (Lipinski definition) is 5. The molecule has 0 unspecified atom stereocenters. The number of halogens is 1. The normalized spacial score (nSPS) is 11.6. The van der Waals surface area contributed by atoms with Crippen molar-refractivity contribution in [2.24, 2.45) is 5.73 Å². The van der Waals surface area contributed by atoms with E-state index in [1.807, 2.05) is 43.3 Å². The summed E-state index contributed by atoms with van der Waals surface area (Å²) in [4.78, 5) is 8.56. The lowest BCUT2D eigenvalue weighted by molar-refractivity contribution is 0.761. The van der Waals surface area contributed by atoms with Crippen LogP contribution in [0.4, 0.5) is 5.82 Å². The number of nitriles is 1. The summed E-state index contributed by atoms with van der Waals surface area (Å²) in [6, 6.07) is 16.9. The predicted octanol–water partition coefficient (Wildman–Crippen LogP) is 4.09. The fraction of sp³-hybridized carbons (Fsp3) is 0.150. The molecule has 3 aromatic rings. The van der Waals surface area contributed by atoms with Crippen molar-refractivity contribution < 1.29 is 0 Å². The molecule has 0 aliphatic heterocycles. The van der Waals surface area contributed by atoms with E-state index in [9.17, 15) is 0 Å². The van der Waals surface area contributed by atoms with Gasteiger partial charge in [-0.05, 0) is 36.2 Å². The Morgan fingerprint density at radius 2 is 1.92 bits per heavy atom. The smallest absolute Gasteiger partial charge is 0.130 e. The van der Waals surface area contributed by atoms with Gasteiger partial charge in [0.2, 0.25) is 0 Å². The molecule has 0 aliphatic carbocycles. The third-order valence-electron chi connectivity index (χ3n) is 4.11. The van der Waals surface area contributed by atoms with Gasteiger partial charge in [0, 0.05) is 29.2 Å². The zero-order valence-corrected chi connectivity index (χ0v) is 15.0. The topological polar surface area (TPSA) is 87.6 Å². The van der Waals surface area contributed by atoms with Crippen molar-refractivity contribution in [3.05, 3.63) is 76.6 Å². The molecule has 6 heteroatoms. The Labute approximate surface area is 157 Å². The highest BCUT2D eigenvalue weighted by Gasteiger charge is 2.08. The standard InChI is InChI=1S/C20H18ClN5/c1-13-2-5-16(8-17(13)21)19-9-20(26-12-25-19)24-11-18(23)15-6-3-14(10-22)4-7-15/h2-9,12,18H,11,23H2,1H3,(H,24,25,26)/t18-/m1/s1. The van der Waals surface area contributed by atoms with E-state index in [0.29, 0.717) is 22.9 Å². The Hall–Kier alpha value is -2.94. The summed E-state index contributed by atoms with van der Waals surface area (Å²) in [5.74, 6) is 0.691. The van der Waals surface area contributed by atoms with Gasteiger partial charge in [-0.1, -0.05) is 35.9 Å². The lowest BCUT2D eigenvalue weighted by atomic mass is 10.1. The first-order valence-electron chi connectivity index (χ1n) is 8.15. The van der Waals surface area contributed by atoms with Crippen molar-refractivity contribution in [3.8, 4) is 17.3 Å². The van der Waals surface area contributed by atoms with Crippen molar-refractivity contribution >= 4 is 17.4 Å². The second-order valence-electron chi connectivity index (χ2n) is 5.97. The van der Waals surface area contributed by atoms with Gasteiger partial charge in [0.1, 0.15) is 12.1 Å². The van der Waals surface area contributed by atoms with Crippen LogP contribution in [0.15, 0.2) is 54.9 Å². The Kier molecular flexibility index (Phi) is 5.47. The van der Waals surface area contributed by atoms with Crippen LogP contribution in [0, 0.1) is 18.3 Å². The summed E-state index contributed by atoms with van der Waals surface area (Å²) in [6.45, 7) is 2.47. The molecule has 0 bridgehead atoms. The predicted molar refractivity (Wildman–Crippen MR) is 104 cm³/mol. The maximum absolute atomic E-state index is 8.86. The number of anilines is 1. The van der Waals surface area contributed by atoms with E-state index in [1.54, 1.807) is 12.1 Å². The Balaban J connectivity index is 1.70. The van der Waals surface area contributed by atoms with E-state index in [0.717, 1.165) is 22.4 Å². The number of aromatic nitrogens is 2. The summed E-state index contributed by atoms with van der Waals surface area (Å²) in [6.07, 6.45) is 1.51. The average molecular weight is 364 g/mol. The first-order valence-corrected chi connectivity index (χ1v) is 8.52. The van der Waals surface area contributed by atoms with Crippen molar-refractivity contribution in [1.29, 1.82) is 5.26 Å². The SMILES string of the molecule is Cc1ccc(-c2cc(NC[C@@H](N)c3ccc(C#N)cc3)ncn2)cc1Cl. The molecule has 0 spiro atoms. The van der Waals surface area contributed by atoms with Crippen LogP contribution in [0.5, 0.6) is 0 Å². The van der Waals surface area contributed by atoms with Gasteiger partial charge in [-0.2, -0.15) is 5.26 Å². The first-order chi connectivity index (χ1) is 12.6. The Morgan fingerprint density at radius 3 is 2.62 bits per heavy atom. The van der Waals surface area contributed by atoms with Crippen LogP contribution in [-0.4, -0.2) is 16.5 Å². The van der Waals surface area contributed by atoms with Crippen molar-refractivity contribution in [1.82, 2.24) is 9.97 Å². The molecule has 0 saturated heterocycles. The van der Waals surface area contributed by atoms with Crippen LogP contribution in [0.25, 0.3) is 11.3 Å². The molecule has 0 saturated carbocycles. The van der Waals surface area contributed by atoms with Gasteiger partial charge in [-0.15, -0.1) is 0 Å². The maximum atomic E-state index is 8.86. The highest BCUT2D eigenvalue weighted by atomic mass is 35.5. The summed E-state index contributed by atoms with van der Waals surface area (Å²) in [5, 5.41) is 12.8. The van der Waals surface area contributed by atoms with Gasteiger partial charge in [0.25, 0.3) is 0 Å². The molecule has 130 valence electrons. The molecule has 3 N–H and O–H groups in total. The number of hydrogen-bond donors (Lipinski definition) is 2. The van der Waals surface area contributed by atoms with E-state index in [2.05, 4.69) is 21.4 Å². The average Bonchev–Trinajstić information content (AvgIpc) is 2.68. The summed E-state index contributed by atoms with van der Waals surface area (Å²) in [5.41, 5.74) is 10.5. The zero-order valence-electron chi connectivity index (χ0n) is 14.3. The maximum Gasteiger partial charge on any atom is 0.130 e. The molecule has 3 rings (SSSR count). The molecule has 0 fully saturated rings. The van der Waals surface area contributed by atoms with Crippen molar-refractivity contribution in [3.63, 3.8) is 0 Å². The molecule has 0 radical (unpaired) electrons. The minimum absolute atomic E-state index is 0.213. The van der Waals surface area contributed by atoms with Gasteiger partial charge >= 0.3 is 0 Å². The Morgan fingerprint density at radius 1 is 1.15 bits per heavy atom. The van der Waals surface area contributed by atoms with E-state index in [4.69, 9.17) is 22.6 Å². The van der Waals surface area contributed by atoms with E-state index in [1.165, 1.54) is 6.33 Å². The lowest BCUT2D eigenvalue weighted by Crippen LogP contribution is -2.21. The zero-order chi connectivity index (χ0) is 18.5. The van der Waals surface area contributed by atoms with Crippen LogP contribution < -0.4 is 11.1 Å². The monoisotopic (exact) mass is 363 g/mol. The number of benzene rings is 2. The molecule has 1 aromatic heterocycles. The van der Waals surface area contributed by atoms with Gasteiger partial charge in [0.15, 0.2) is 0 Å². The van der Waals surface area contributed by atoms with Gasteiger partial charge in [0.05, 0.1) is 17.3 Å². The van der Waals surface area contributed by atoms with Crippen LogP contribution in [0.1, 0.15) is 22.7 Å². The largest absolute Gasteiger partial charge is 0.368 e. The van der Waals surface area contributed by atoms with E-state index >= 15 is 0 Å². The van der Waals surface area contributed by atoms with Gasteiger partial charge in [-0.3, -0.25) is 0 Å². The van der Waals surface area contributed by atoms with Crippen LogP contribution in [0.3, 0.4) is 0 Å². The molecule has 26 heavy (non-hydrogen) atoms. The molecule has 0 amide bonds. The third kappa shape index (κ3) is 4.17. The van der Waals surface area contributed by atoms with Crippen LogP contribution >= 0.6 is 11.6 Å². The highest BCUT2D eigenvalue weighted by Crippen LogP contribution is 2.25. The molecule has 1 heterocycles. The minimum atomic E-state index is -0.213. The summed E-state index contributed by atoms with van der Waals surface area (Å²) < 4.78 is 0. The van der Waals surface area contributed by atoms with E-state index < -0.39 is 0 Å². The number of nitrogens with one attached hydrogen (secondary N) is 1. The molecular formula is C20H18ClN5. The molecular weight excluding hydrogens is 346 g/mol. The fourth-order valence-electron chi connectivity index (χ4n) is 2.50. The second kappa shape index (κ2) is 7.96. The number of aryl methyl sites for hydroxylation is 1. The summed E-state index contributed by atoms with van der Waals surface area (Å²) in [7, 11) is 0. The van der Waals surface area contributed by atoms with Crippen LogP contribution in [0.2, 0.25) is 5.02 Å². The Bertz CT molecular complexity index is 947. The molecule has 1 atom stereocenters. The van der Waals surface area contributed by atoms with Crippen molar-refractivity contribution in [2.75, 3.05) is 11.9 Å². The highest BCUT2D eigenvalue weighted by molar-refractivity contribution is 6.31. The second-order valence-corrected chi connectivity index (χ2v) is 6.38. The minimum Gasteiger partial charge on any atom is -0.368 e. The van der Waals surface area contributed by atoms with Crippen molar-refractivity contribution in [2.45, 2.75) is 13.0 Å². The van der Waals surface area contributed by atoms with Crippen LogP contribution in [-0.2, 0) is 0 Å². The quantitative estimate of drug-likeness (QED) is 0.712. The molecule has 0 aliphatic rings. The molecule has 5 nitrogen and oxygen atoms in total. The number of nitrogens with zero attached hydrogens (tertiary/aromatic N) is 3. The van der Waals surface area contributed by atoms with Gasteiger partial charge in [-0.25, -0.2) is 9.97 Å². The fourth-order valence-corrected chi connectivity index (χ4v) is 2.68. The van der Waals surface area contributed by atoms with E-state index in [-0.39, 0.29) is 6.04 Å². The van der Waals surface area contributed by atoms with Gasteiger partial charge < -0.3 is 11.1 Å². The lowest BCUT2D eigenvalue weighted by Gasteiger charge is -2.14. The number of nitrogens with two attached hydrogens (primary N) is 1. The first kappa shape index (κ1) is 17.9. The third-order valence-corrected chi connectivity index (χ3v) is 4.51. The number of rotatable bonds is 5.